The summed E-state index contributed by atoms with van der Waals surface area (Å²) in [4.78, 5) is 30.8. The van der Waals surface area contributed by atoms with Crippen LogP contribution in [0.2, 0.25) is 0 Å². The molecule has 0 unspecified atom stereocenters. The van der Waals surface area contributed by atoms with E-state index in [4.69, 9.17) is 4.74 Å². The smallest absolute Gasteiger partial charge is 0.421 e. The summed E-state index contributed by atoms with van der Waals surface area (Å²) in [5.74, 6) is -4.32. The normalized spacial score (nSPS) is 17.9. The maximum absolute atomic E-state index is 13.9. The maximum atomic E-state index is 13.9. The zero-order valence-corrected chi connectivity index (χ0v) is 23.4. The van der Waals surface area contributed by atoms with Crippen LogP contribution in [0.4, 0.5) is 27.6 Å². The molecule has 1 fully saturated rings. The van der Waals surface area contributed by atoms with Crippen molar-refractivity contribution in [3.8, 4) is 5.75 Å². The minimum absolute atomic E-state index is 0.0352. The second kappa shape index (κ2) is 11.9. The van der Waals surface area contributed by atoms with Gasteiger partial charge in [-0.15, -0.1) is 0 Å². The number of aryl methyl sites for hydroxylation is 1. The summed E-state index contributed by atoms with van der Waals surface area (Å²) in [6, 6.07) is 9.00. The van der Waals surface area contributed by atoms with Crippen molar-refractivity contribution in [3.63, 3.8) is 0 Å². The van der Waals surface area contributed by atoms with E-state index in [1.165, 1.54) is 24.0 Å². The molecular weight excluding hydrogens is 559 g/mol. The summed E-state index contributed by atoms with van der Waals surface area (Å²) in [6.45, 7) is 6.70. The molecule has 2 aromatic rings. The molecular formula is C30H31F5N4O3. The molecule has 2 N–H and O–H groups in total. The number of alkyl halides is 5. The van der Waals surface area contributed by atoms with E-state index in [9.17, 15) is 31.5 Å². The fourth-order valence-electron chi connectivity index (χ4n) is 4.89. The van der Waals surface area contributed by atoms with E-state index in [0.29, 0.717) is 35.0 Å². The first kappa shape index (κ1) is 30.7. The third-order valence-corrected chi connectivity index (χ3v) is 7.15. The fourth-order valence-corrected chi connectivity index (χ4v) is 4.89. The van der Waals surface area contributed by atoms with E-state index in [2.05, 4.69) is 22.2 Å². The van der Waals surface area contributed by atoms with Crippen molar-refractivity contribution >= 4 is 23.3 Å². The van der Waals surface area contributed by atoms with Gasteiger partial charge >= 0.3 is 6.18 Å². The molecule has 0 spiro atoms. The molecule has 1 aliphatic heterocycles. The Balaban J connectivity index is 1.55. The minimum Gasteiger partial charge on any atom is -0.437 e. The topological polar surface area (TPSA) is 83.0 Å². The van der Waals surface area contributed by atoms with Gasteiger partial charge in [0.2, 0.25) is 11.8 Å². The first-order valence-electron chi connectivity index (χ1n) is 13.3. The van der Waals surface area contributed by atoms with E-state index in [-0.39, 0.29) is 54.8 Å². The van der Waals surface area contributed by atoms with E-state index in [1.807, 2.05) is 0 Å². The number of carbonyl (C=O) groups is 2. The van der Waals surface area contributed by atoms with Crippen LogP contribution in [0.1, 0.15) is 64.4 Å². The first-order chi connectivity index (χ1) is 19.7. The highest BCUT2D eigenvalue weighted by atomic mass is 19.4. The Morgan fingerprint density at radius 2 is 1.88 bits per heavy atom. The van der Waals surface area contributed by atoms with Crippen LogP contribution in [-0.2, 0) is 6.54 Å². The number of ether oxygens (including phenoxy) is 1. The second-order valence-corrected chi connectivity index (χ2v) is 10.4. The first-order valence-corrected chi connectivity index (χ1v) is 13.3. The number of nitrogens with zero attached hydrogens (tertiary/aromatic N) is 2. The van der Waals surface area contributed by atoms with Gasteiger partial charge in [0.25, 0.3) is 11.8 Å². The highest BCUT2D eigenvalue weighted by Crippen LogP contribution is 2.36. The summed E-state index contributed by atoms with van der Waals surface area (Å²) in [7, 11) is 1.58. The summed E-state index contributed by atoms with van der Waals surface area (Å²) in [6.07, 6.45) is -4.44. The van der Waals surface area contributed by atoms with Crippen molar-refractivity contribution in [1.82, 2.24) is 10.2 Å². The van der Waals surface area contributed by atoms with Gasteiger partial charge in [-0.3, -0.25) is 9.59 Å². The number of fused-ring (bicyclic) bond motifs is 1. The summed E-state index contributed by atoms with van der Waals surface area (Å²) in [5, 5.41) is 5.71. The monoisotopic (exact) mass is 590 g/mol. The quantitative estimate of drug-likeness (QED) is 0.123. The molecule has 0 atom stereocenters. The Bertz CT molecular complexity index is 1460. The highest BCUT2D eigenvalue weighted by molar-refractivity contribution is 6.01. The lowest BCUT2D eigenvalue weighted by atomic mass is 9.92. The molecule has 2 amide bonds. The van der Waals surface area contributed by atoms with E-state index >= 15 is 0 Å². The number of halogens is 5. The molecule has 1 heterocycles. The van der Waals surface area contributed by atoms with Crippen molar-refractivity contribution in [2.75, 3.05) is 12.4 Å². The van der Waals surface area contributed by atoms with Gasteiger partial charge < -0.3 is 20.3 Å². The van der Waals surface area contributed by atoms with Gasteiger partial charge in [-0.05, 0) is 62.1 Å². The predicted molar refractivity (Wildman–Crippen MR) is 149 cm³/mol. The summed E-state index contributed by atoms with van der Waals surface area (Å²) >= 11 is 0. The van der Waals surface area contributed by atoms with E-state index in [0.717, 1.165) is 0 Å². The molecule has 12 heteroatoms. The van der Waals surface area contributed by atoms with Gasteiger partial charge in [0.15, 0.2) is 0 Å². The van der Waals surface area contributed by atoms with Crippen LogP contribution in [0.15, 0.2) is 65.5 Å². The molecule has 4 rings (SSSR count). The molecule has 0 radical (unpaired) electrons. The van der Waals surface area contributed by atoms with Crippen LogP contribution in [-0.4, -0.2) is 47.7 Å². The van der Waals surface area contributed by atoms with Crippen molar-refractivity contribution in [1.29, 1.82) is 0 Å². The van der Waals surface area contributed by atoms with Crippen molar-refractivity contribution < 1.29 is 36.3 Å². The average Bonchev–Trinajstić information content (AvgIpc) is 3.19. The van der Waals surface area contributed by atoms with Crippen molar-refractivity contribution in [2.24, 2.45) is 4.99 Å². The Morgan fingerprint density at radius 1 is 1.19 bits per heavy atom. The van der Waals surface area contributed by atoms with Crippen molar-refractivity contribution in [2.45, 2.75) is 64.2 Å². The van der Waals surface area contributed by atoms with E-state index in [1.54, 1.807) is 38.2 Å². The number of nitrogens with one attached hydrogen (secondary N) is 2. The molecule has 42 heavy (non-hydrogen) atoms. The largest absolute Gasteiger partial charge is 0.437 e. The van der Waals surface area contributed by atoms with Crippen molar-refractivity contribution in [3.05, 3.63) is 82.8 Å². The van der Waals surface area contributed by atoms with Gasteiger partial charge in [0, 0.05) is 43.7 Å². The highest BCUT2D eigenvalue weighted by Gasteiger charge is 2.37. The number of amides is 2. The summed E-state index contributed by atoms with van der Waals surface area (Å²) < 4.78 is 74.2. The Labute approximate surface area is 240 Å². The number of carbonyl (C=O) groups excluding carboxylic acids is 2. The number of aliphatic imine (C=N–C) groups is 1. The molecule has 224 valence electrons. The molecule has 7 nitrogen and oxygen atoms in total. The molecule has 2 aliphatic rings. The van der Waals surface area contributed by atoms with Crippen LogP contribution in [0.3, 0.4) is 0 Å². The summed E-state index contributed by atoms with van der Waals surface area (Å²) in [5.41, 5.74) is 0.918. The number of hydrogen-bond donors (Lipinski definition) is 2. The fraction of sp³-hybridized carbons (Fsp3) is 0.367. The van der Waals surface area contributed by atoms with Crippen LogP contribution in [0.5, 0.6) is 5.75 Å². The lowest BCUT2D eigenvalue weighted by Crippen LogP contribution is -2.40. The SMILES string of the molecule is C=C/C(=C(\N=C(/C)Nc1ccc(C(=O)NC2CCC(F)(F)CC2)cc1C)Oc1cccc2c1C(=O)N(C)C2)C(F)(F)F. The molecule has 1 saturated carbocycles. The molecule has 0 aromatic heterocycles. The van der Waals surface area contributed by atoms with Gasteiger partial charge in [0.1, 0.15) is 17.2 Å². The maximum Gasteiger partial charge on any atom is 0.421 e. The van der Waals surface area contributed by atoms with Gasteiger partial charge in [-0.25, -0.2) is 8.78 Å². The minimum atomic E-state index is -4.85. The number of hydrogen-bond acceptors (Lipinski definition) is 4. The predicted octanol–water partition coefficient (Wildman–Crippen LogP) is 6.76. The van der Waals surface area contributed by atoms with Gasteiger partial charge in [-0.2, -0.15) is 18.2 Å². The van der Waals surface area contributed by atoms with Crippen LogP contribution in [0.25, 0.3) is 0 Å². The number of benzene rings is 2. The second-order valence-electron chi connectivity index (χ2n) is 10.4. The lowest BCUT2D eigenvalue weighted by Gasteiger charge is -2.28. The number of allylic oxidation sites excluding steroid dienone is 2. The number of anilines is 1. The van der Waals surface area contributed by atoms with Crippen LogP contribution >= 0.6 is 0 Å². The third kappa shape index (κ3) is 6.97. The zero-order valence-electron chi connectivity index (χ0n) is 23.4. The standard InChI is InChI=1S/C30H31F5N4O3/c1-5-22(30(33,34)35)27(42-24-8-6-7-20-16-39(4)28(41)25(20)24)37-18(3)36-23-10-9-19(15-17(23)2)26(40)38-21-11-13-29(31,32)14-12-21/h5-10,15,21H,1,11-14,16H2,2-4H3,(H,36,37)(H,38,40)/b27-22-. The molecule has 0 bridgehead atoms. The molecule has 0 saturated heterocycles. The zero-order chi connectivity index (χ0) is 30.8. The van der Waals surface area contributed by atoms with E-state index < -0.39 is 29.5 Å². The Hall–Kier alpha value is -4.22. The Kier molecular flexibility index (Phi) is 8.74. The van der Waals surface area contributed by atoms with Crippen LogP contribution < -0.4 is 15.4 Å². The third-order valence-electron chi connectivity index (χ3n) is 7.15. The Morgan fingerprint density at radius 3 is 2.50 bits per heavy atom. The van der Waals surface area contributed by atoms with Gasteiger partial charge in [0.05, 0.1) is 5.56 Å². The molecule has 2 aromatic carbocycles. The molecule has 1 aliphatic carbocycles. The number of rotatable bonds is 7. The number of amidine groups is 1. The lowest BCUT2D eigenvalue weighted by molar-refractivity contribution is -0.0905. The average molecular weight is 591 g/mol. The van der Waals surface area contributed by atoms with Crippen LogP contribution in [0, 0.1) is 6.92 Å². The van der Waals surface area contributed by atoms with Gasteiger partial charge in [-0.1, -0.05) is 24.8 Å².